The van der Waals surface area contributed by atoms with Gasteiger partial charge in [0.05, 0.1) is 0 Å². The SMILES string of the molecule is CC(C)C(N)C1(C23CC4CC(CC(C4)C2)C3)CC1. The van der Waals surface area contributed by atoms with Crippen LogP contribution >= 0.6 is 0 Å². The maximum atomic E-state index is 6.68. The van der Waals surface area contributed by atoms with E-state index in [1.54, 1.807) is 38.5 Å². The fourth-order valence-electron chi connectivity index (χ4n) is 6.71. The molecule has 0 aromatic carbocycles. The smallest absolute Gasteiger partial charge is 0.0124 e. The molecule has 0 aromatic rings. The zero-order valence-corrected chi connectivity index (χ0v) is 12.1. The Labute approximate surface area is 112 Å². The highest BCUT2D eigenvalue weighted by molar-refractivity contribution is 5.18. The second kappa shape index (κ2) is 3.53. The maximum absolute atomic E-state index is 6.68. The summed E-state index contributed by atoms with van der Waals surface area (Å²) in [7, 11) is 0. The fraction of sp³-hybridized carbons (Fsp3) is 1.00. The lowest BCUT2D eigenvalue weighted by molar-refractivity contribution is -0.107. The van der Waals surface area contributed by atoms with Crippen LogP contribution in [0.2, 0.25) is 0 Å². The number of nitrogens with two attached hydrogens (primary N) is 1. The molecule has 18 heavy (non-hydrogen) atoms. The third-order valence-electron chi connectivity index (χ3n) is 7.24. The van der Waals surface area contributed by atoms with Gasteiger partial charge < -0.3 is 5.73 Å². The first-order chi connectivity index (χ1) is 8.55. The highest BCUT2D eigenvalue weighted by Crippen LogP contribution is 2.74. The topological polar surface area (TPSA) is 26.0 Å². The molecule has 0 heterocycles. The molecule has 1 atom stereocenters. The van der Waals surface area contributed by atoms with Crippen molar-refractivity contribution in [2.24, 2.45) is 40.2 Å². The van der Waals surface area contributed by atoms with Gasteiger partial charge in [0, 0.05) is 6.04 Å². The van der Waals surface area contributed by atoms with Crippen molar-refractivity contribution in [1.82, 2.24) is 0 Å². The molecule has 5 rings (SSSR count). The van der Waals surface area contributed by atoms with Crippen LogP contribution in [0.25, 0.3) is 0 Å². The predicted molar refractivity (Wildman–Crippen MR) is 75.1 cm³/mol. The van der Waals surface area contributed by atoms with Crippen molar-refractivity contribution >= 4 is 0 Å². The number of hydrogen-bond donors (Lipinski definition) is 1. The summed E-state index contributed by atoms with van der Waals surface area (Å²) in [5.74, 6) is 3.90. The van der Waals surface area contributed by atoms with Crippen molar-refractivity contribution in [3.63, 3.8) is 0 Å². The van der Waals surface area contributed by atoms with Crippen LogP contribution in [0.5, 0.6) is 0 Å². The van der Waals surface area contributed by atoms with Gasteiger partial charge in [0.1, 0.15) is 0 Å². The monoisotopic (exact) mass is 247 g/mol. The van der Waals surface area contributed by atoms with E-state index in [-0.39, 0.29) is 0 Å². The van der Waals surface area contributed by atoms with Crippen molar-refractivity contribution in [3.8, 4) is 0 Å². The van der Waals surface area contributed by atoms with Crippen LogP contribution in [0.15, 0.2) is 0 Å². The molecular formula is C17H29N. The van der Waals surface area contributed by atoms with Gasteiger partial charge in [-0.25, -0.2) is 0 Å². The Morgan fingerprint density at radius 1 is 0.889 bits per heavy atom. The van der Waals surface area contributed by atoms with Crippen molar-refractivity contribution in [2.45, 2.75) is 71.3 Å². The van der Waals surface area contributed by atoms with Gasteiger partial charge >= 0.3 is 0 Å². The van der Waals surface area contributed by atoms with Gasteiger partial charge in [0.25, 0.3) is 0 Å². The van der Waals surface area contributed by atoms with Crippen LogP contribution < -0.4 is 5.73 Å². The fourth-order valence-corrected chi connectivity index (χ4v) is 6.71. The van der Waals surface area contributed by atoms with E-state index in [0.717, 1.165) is 17.8 Å². The van der Waals surface area contributed by atoms with E-state index in [1.807, 2.05) is 0 Å². The standard InChI is InChI=1S/C17H29N/c1-11(2)15(18)17(3-4-17)16-8-12-5-13(9-16)7-14(6-12)10-16/h11-15H,3-10,18H2,1-2H3. The van der Waals surface area contributed by atoms with Crippen LogP contribution in [0.3, 0.4) is 0 Å². The maximum Gasteiger partial charge on any atom is 0.0124 e. The molecule has 0 radical (unpaired) electrons. The average molecular weight is 247 g/mol. The Bertz CT molecular complexity index is 317. The highest BCUT2D eigenvalue weighted by atomic mass is 14.8. The van der Waals surface area contributed by atoms with Crippen LogP contribution in [0, 0.1) is 34.5 Å². The van der Waals surface area contributed by atoms with Gasteiger partial charge in [0.15, 0.2) is 0 Å². The summed E-state index contributed by atoms with van der Waals surface area (Å²) >= 11 is 0. The van der Waals surface area contributed by atoms with Gasteiger partial charge in [-0.1, -0.05) is 13.8 Å². The molecule has 0 saturated heterocycles. The molecule has 0 aromatic heterocycles. The summed E-state index contributed by atoms with van der Waals surface area (Å²) in [6, 6.07) is 0.466. The van der Waals surface area contributed by atoms with Crippen molar-refractivity contribution < 1.29 is 0 Å². The first-order valence-electron chi connectivity index (χ1n) is 8.30. The van der Waals surface area contributed by atoms with Gasteiger partial charge in [-0.15, -0.1) is 0 Å². The van der Waals surface area contributed by atoms with E-state index < -0.39 is 0 Å². The van der Waals surface area contributed by atoms with E-state index in [0.29, 0.717) is 22.8 Å². The third kappa shape index (κ3) is 1.38. The van der Waals surface area contributed by atoms with Crippen LogP contribution in [-0.2, 0) is 0 Å². The van der Waals surface area contributed by atoms with Gasteiger partial charge in [-0.3, -0.25) is 0 Å². The molecule has 0 amide bonds. The van der Waals surface area contributed by atoms with Gasteiger partial charge in [0.2, 0.25) is 0 Å². The van der Waals surface area contributed by atoms with Crippen molar-refractivity contribution in [2.75, 3.05) is 0 Å². The molecule has 5 saturated carbocycles. The molecule has 1 heteroatoms. The molecule has 5 fully saturated rings. The number of rotatable bonds is 3. The molecule has 102 valence electrons. The molecule has 0 spiro atoms. The van der Waals surface area contributed by atoms with Crippen molar-refractivity contribution in [1.29, 1.82) is 0 Å². The molecule has 4 bridgehead atoms. The first-order valence-corrected chi connectivity index (χ1v) is 8.30. The Balaban J connectivity index is 1.68. The van der Waals surface area contributed by atoms with Gasteiger partial charge in [-0.05, 0) is 85.9 Å². The molecule has 1 nitrogen and oxygen atoms in total. The second-order valence-corrected chi connectivity index (χ2v) is 8.62. The summed E-state index contributed by atoms with van der Waals surface area (Å²) in [5.41, 5.74) is 7.93. The summed E-state index contributed by atoms with van der Waals surface area (Å²) in [5, 5.41) is 0. The van der Waals surface area contributed by atoms with E-state index in [2.05, 4.69) is 13.8 Å². The van der Waals surface area contributed by atoms with E-state index in [1.165, 1.54) is 12.8 Å². The Morgan fingerprint density at radius 3 is 1.67 bits per heavy atom. The average Bonchev–Trinajstić information content (AvgIpc) is 3.07. The van der Waals surface area contributed by atoms with Crippen LogP contribution in [0.4, 0.5) is 0 Å². The summed E-state index contributed by atoms with van der Waals surface area (Å²) in [6.45, 7) is 4.68. The summed E-state index contributed by atoms with van der Waals surface area (Å²) in [4.78, 5) is 0. The second-order valence-electron chi connectivity index (χ2n) is 8.62. The molecule has 2 N–H and O–H groups in total. The predicted octanol–water partition coefficient (Wildman–Crippen LogP) is 3.97. The lowest BCUT2D eigenvalue weighted by atomic mass is 9.44. The Morgan fingerprint density at radius 2 is 1.33 bits per heavy atom. The Hall–Kier alpha value is -0.0400. The minimum atomic E-state index is 0.466. The quantitative estimate of drug-likeness (QED) is 0.802. The summed E-state index contributed by atoms with van der Waals surface area (Å²) in [6.07, 6.45) is 12.2. The van der Waals surface area contributed by atoms with E-state index in [4.69, 9.17) is 5.73 Å². The molecule has 5 aliphatic rings. The lowest BCUT2D eigenvalue weighted by Gasteiger charge is -2.61. The Kier molecular flexibility index (Phi) is 2.31. The minimum Gasteiger partial charge on any atom is -0.327 e. The third-order valence-corrected chi connectivity index (χ3v) is 7.24. The molecule has 1 unspecified atom stereocenters. The first kappa shape index (κ1) is 11.8. The zero-order valence-electron chi connectivity index (χ0n) is 12.1. The van der Waals surface area contributed by atoms with E-state index >= 15 is 0 Å². The molecule has 5 aliphatic carbocycles. The van der Waals surface area contributed by atoms with Gasteiger partial charge in [-0.2, -0.15) is 0 Å². The largest absolute Gasteiger partial charge is 0.327 e. The normalized spacial score (nSPS) is 49.7. The van der Waals surface area contributed by atoms with Crippen molar-refractivity contribution in [3.05, 3.63) is 0 Å². The zero-order chi connectivity index (χ0) is 12.5. The van der Waals surface area contributed by atoms with Crippen LogP contribution in [-0.4, -0.2) is 6.04 Å². The van der Waals surface area contributed by atoms with Crippen LogP contribution in [0.1, 0.15) is 65.2 Å². The minimum absolute atomic E-state index is 0.466. The highest BCUT2D eigenvalue weighted by Gasteiger charge is 2.66. The summed E-state index contributed by atoms with van der Waals surface area (Å²) < 4.78 is 0. The molecular weight excluding hydrogens is 218 g/mol. The molecule has 0 aliphatic heterocycles. The number of hydrogen-bond acceptors (Lipinski definition) is 1. The van der Waals surface area contributed by atoms with E-state index in [9.17, 15) is 0 Å². The lowest BCUT2D eigenvalue weighted by Crippen LogP contribution is -2.56.